The van der Waals surface area contributed by atoms with Crippen molar-refractivity contribution in [3.8, 4) is 5.75 Å². The number of hydrogen-bond acceptors (Lipinski definition) is 6. The molecule has 1 amide bonds. The number of carbonyl (C=O) groups excluding carboxylic acids is 1. The Balaban J connectivity index is 1.48. The molecule has 1 unspecified atom stereocenters. The summed E-state index contributed by atoms with van der Waals surface area (Å²) in [6.07, 6.45) is 2.45. The van der Waals surface area contributed by atoms with Gasteiger partial charge in [-0.1, -0.05) is 24.3 Å². The van der Waals surface area contributed by atoms with Gasteiger partial charge in [-0.15, -0.1) is 10.2 Å². The Bertz CT molecular complexity index is 972. The van der Waals surface area contributed by atoms with Crippen LogP contribution in [-0.4, -0.2) is 29.3 Å². The van der Waals surface area contributed by atoms with Gasteiger partial charge in [0.25, 0.3) is 5.22 Å². The third kappa shape index (κ3) is 5.14. The quantitative estimate of drug-likeness (QED) is 0.564. The van der Waals surface area contributed by atoms with Crippen molar-refractivity contribution in [1.82, 2.24) is 15.5 Å². The Morgan fingerprint density at radius 1 is 1.21 bits per heavy atom. The molecular formula is C21H20FN3O3S. The lowest BCUT2D eigenvalue weighted by Crippen LogP contribution is -2.29. The molecule has 0 aliphatic heterocycles. The van der Waals surface area contributed by atoms with Gasteiger partial charge in [0.15, 0.2) is 0 Å². The normalized spacial score (nSPS) is 14.4. The predicted molar refractivity (Wildman–Crippen MR) is 106 cm³/mol. The number of ether oxygens (including phenoxy) is 1. The number of hydrogen-bond donors (Lipinski definition) is 1. The number of aromatic nitrogens is 2. The first-order valence-electron chi connectivity index (χ1n) is 9.28. The molecule has 1 saturated carbocycles. The highest BCUT2D eigenvalue weighted by Gasteiger charge is 2.30. The van der Waals surface area contributed by atoms with E-state index < -0.39 is 5.25 Å². The molecule has 1 fully saturated rings. The molecule has 6 nitrogen and oxygen atoms in total. The molecule has 4 rings (SSSR count). The van der Waals surface area contributed by atoms with E-state index in [1.807, 2.05) is 24.3 Å². The average molecular weight is 413 g/mol. The first-order valence-corrected chi connectivity index (χ1v) is 10.2. The lowest BCUT2D eigenvalue weighted by molar-refractivity contribution is -0.120. The maximum atomic E-state index is 13.3. The smallest absolute Gasteiger partial charge is 0.277 e. The van der Waals surface area contributed by atoms with Crippen molar-refractivity contribution in [2.45, 2.75) is 35.8 Å². The van der Waals surface area contributed by atoms with E-state index in [-0.39, 0.29) is 17.8 Å². The van der Waals surface area contributed by atoms with Crippen molar-refractivity contribution in [3.05, 3.63) is 71.4 Å². The largest absolute Gasteiger partial charge is 0.497 e. The number of nitrogens with one attached hydrogen (secondary N) is 1. The number of nitrogens with zero attached hydrogens (tertiary/aromatic N) is 2. The third-order valence-corrected chi connectivity index (χ3v) is 5.60. The number of rotatable bonds is 8. The SMILES string of the molecule is COc1ccc(Cc2nnc(SC(C(=O)NC3CC3)c3ccc(F)cc3)o2)cc1. The van der Waals surface area contributed by atoms with Crippen molar-refractivity contribution in [2.75, 3.05) is 7.11 Å². The van der Waals surface area contributed by atoms with Crippen LogP contribution in [-0.2, 0) is 11.2 Å². The van der Waals surface area contributed by atoms with E-state index in [4.69, 9.17) is 9.15 Å². The van der Waals surface area contributed by atoms with E-state index >= 15 is 0 Å². The first kappa shape index (κ1) is 19.4. The van der Waals surface area contributed by atoms with Gasteiger partial charge in [0, 0.05) is 6.04 Å². The Morgan fingerprint density at radius 2 is 1.93 bits per heavy atom. The minimum Gasteiger partial charge on any atom is -0.497 e. The minimum absolute atomic E-state index is 0.140. The van der Waals surface area contributed by atoms with Gasteiger partial charge in [0.05, 0.1) is 13.5 Å². The average Bonchev–Trinajstić information content (AvgIpc) is 3.44. The molecule has 0 radical (unpaired) electrons. The molecule has 0 saturated heterocycles. The van der Waals surface area contributed by atoms with Gasteiger partial charge < -0.3 is 14.5 Å². The summed E-state index contributed by atoms with van der Waals surface area (Å²) in [6, 6.07) is 13.7. The summed E-state index contributed by atoms with van der Waals surface area (Å²) in [4.78, 5) is 12.7. The molecule has 150 valence electrons. The van der Waals surface area contributed by atoms with Crippen LogP contribution in [0.15, 0.2) is 58.2 Å². The maximum absolute atomic E-state index is 13.3. The molecule has 8 heteroatoms. The van der Waals surface area contributed by atoms with Gasteiger partial charge in [-0.3, -0.25) is 4.79 Å². The van der Waals surface area contributed by atoms with E-state index in [0.29, 0.717) is 23.1 Å². The molecule has 2 aromatic carbocycles. The zero-order valence-corrected chi connectivity index (χ0v) is 16.6. The number of methoxy groups -OCH3 is 1. The second kappa shape index (κ2) is 8.65. The second-order valence-electron chi connectivity index (χ2n) is 6.82. The standard InChI is InChI=1S/C21H20FN3O3S/c1-27-17-10-2-13(3-11-17)12-18-24-25-21(28-18)29-19(20(26)23-16-8-9-16)14-4-6-15(22)7-5-14/h2-7,10-11,16,19H,8-9,12H2,1H3,(H,23,26). The van der Waals surface area contributed by atoms with E-state index in [9.17, 15) is 9.18 Å². The number of halogens is 1. The van der Waals surface area contributed by atoms with E-state index in [0.717, 1.165) is 24.2 Å². The monoisotopic (exact) mass is 413 g/mol. The molecule has 1 aliphatic carbocycles. The Morgan fingerprint density at radius 3 is 2.59 bits per heavy atom. The highest BCUT2D eigenvalue weighted by Crippen LogP contribution is 2.36. The number of benzene rings is 2. The first-order chi connectivity index (χ1) is 14.1. The van der Waals surface area contributed by atoms with Gasteiger partial charge in [0.1, 0.15) is 16.8 Å². The Hall–Kier alpha value is -2.87. The fraction of sp³-hybridized carbons (Fsp3) is 0.286. The predicted octanol–water partition coefficient (Wildman–Crippen LogP) is 3.92. The zero-order valence-electron chi connectivity index (χ0n) is 15.8. The van der Waals surface area contributed by atoms with Gasteiger partial charge >= 0.3 is 0 Å². The molecule has 1 heterocycles. The number of thioether (sulfide) groups is 1. The molecule has 3 aromatic rings. The van der Waals surface area contributed by atoms with Crippen LogP contribution in [0, 0.1) is 5.82 Å². The molecular weight excluding hydrogens is 393 g/mol. The minimum atomic E-state index is -0.592. The molecule has 1 aromatic heterocycles. The number of amides is 1. The summed E-state index contributed by atoms with van der Waals surface area (Å²) in [5.74, 6) is 0.746. The van der Waals surface area contributed by atoms with Crippen LogP contribution >= 0.6 is 11.8 Å². The van der Waals surface area contributed by atoms with Crippen molar-refractivity contribution >= 4 is 17.7 Å². The van der Waals surface area contributed by atoms with Crippen LogP contribution in [0.1, 0.15) is 35.1 Å². The van der Waals surface area contributed by atoms with Crippen LogP contribution in [0.25, 0.3) is 0 Å². The van der Waals surface area contributed by atoms with E-state index in [2.05, 4.69) is 15.5 Å². The summed E-state index contributed by atoms with van der Waals surface area (Å²) in [5, 5.41) is 10.9. The lowest BCUT2D eigenvalue weighted by atomic mass is 10.1. The summed E-state index contributed by atoms with van der Waals surface area (Å²) in [6.45, 7) is 0. The molecule has 29 heavy (non-hydrogen) atoms. The zero-order chi connectivity index (χ0) is 20.2. The maximum Gasteiger partial charge on any atom is 0.277 e. The fourth-order valence-electron chi connectivity index (χ4n) is 2.79. The molecule has 0 spiro atoms. The highest BCUT2D eigenvalue weighted by molar-refractivity contribution is 8.00. The Labute approximate surface area is 171 Å². The fourth-order valence-corrected chi connectivity index (χ4v) is 3.69. The molecule has 1 atom stereocenters. The van der Waals surface area contributed by atoms with E-state index in [1.165, 1.54) is 23.9 Å². The van der Waals surface area contributed by atoms with Crippen molar-refractivity contribution in [1.29, 1.82) is 0 Å². The highest BCUT2D eigenvalue weighted by atomic mass is 32.2. The summed E-state index contributed by atoms with van der Waals surface area (Å²) in [7, 11) is 1.62. The van der Waals surface area contributed by atoms with Crippen LogP contribution in [0.3, 0.4) is 0 Å². The van der Waals surface area contributed by atoms with Gasteiger partial charge in [0.2, 0.25) is 11.8 Å². The lowest BCUT2D eigenvalue weighted by Gasteiger charge is -2.14. The summed E-state index contributed by atoms with van der Waals surface area (Å²) < 4.78 is 24.2. The molecule has 1 aliphatic rings. The topological polar surface area (TPSA) is 77.2 Å². The molecule has 0 bridgehead atoms. The molecule has 1 N–H and O–H groups in total. The second-order valence-corrected chi connectivity index (χ2v) is 7.88. The Kier molecular flexibility index (Phi) is 5.80. The summed E-state index contributed by atoms with van der Waals surface area (Å²) in [5.41, 5.74) is 1.69. The van der Waals surface area contributed by atoms with Crippen molar-refractivity contribution in [3.63, 3.8) is 0 Å². The van der Waals surface area contributed by atoms with Crippen LogP contribution in [0.2, 0.25) is 0 Å². The van der Waals surface area contributed by atoms with Gasteiger partial charge in [-0.05, 0) is 60.0 Å². The summed E-state index contributed by atoms with van der Waals surface area (Å²) >= 11 is 1.17. The van der Waals surface area contributed by atoms with Crippen LogP contribution in [0.5, 0.6) is 5.75 Å². The number of carbonyl (C=O) groups is 1. The van der Waals surface area contributed by atoms with Crippen LogP contribution < -0.4 is 10.1 Å². The van der Waals surface area contributed by atoms with Gasteiger partial charge in [-0.2, -0.15) is 0 Å². The van der Waals surface area contributed by atoms with Crippen molar-refractivity contribution < 1.29 is 18.3 Å². The van der Waals surface area contributed by atoms with Crippen molar-refractivity contribution in [2.24, 2.45) is 0 Å². The van der Waals surface area contributed by atoms with Gasteiger partial charge in [-0.25, -0.2) is 4.39 Å². The van der Waals surface area contributed by atoms with E-state index in [1.54, 1.807) is 19.2 Å². The van der Waals surface area contributed by atoms with Crippen LogP contribution in [0.4, 0.5) is 4.39 Å². The third-order valence-electron chi connectivity index (χ3n) is 4.52.